The number of hydrogen-bond acceptors (Lipinski definition) is 2. The lowest BCUT2D eigenvalue weighted by atomic mass is 10.5. The first kappa shape index (κ1) is 8.21. The molecule has 0 amide bonds. The Balaban J connectivity index is 2.92. The molecule has 0 saturated heterocycles. The summed E-state index contributed by atoms with van der Waals surface area (Å²) in [6.45, 7) is 2.58. The third-order valence-corrected chi connectivity index (χ3v) is 1.15. The lowest BCUT2D eigenvalue weighted by Crippen LogP contribution is -2.26. The van der Waals surface area contributed by atoms with Gasteiger partial charge in [-0.3, -0.25) is 0 Å². The van der Waals surface area contributed by atoms with E-state index < -0.39 is 0 Å². The van der Waals surface area contributed by atoms with E-state index in [1.54, 1.807) is 0 Å². The predicted molar refractivity (Wildman–Crippen MR) is 37.3 cm³/mol. The van der Waals surface area contributed by atoms with Crippen LogP contribution in [0.2, 0.25) is 0 Å². The van der Waals surface area contributed by atoms with Crippen molar-refractivity contribution in [1.82, 2.24) is 4.90 Å². The van der Waals surface area contributed by atoms with Gasteiger partial charge in [-0.15, -0.1) is 11.6 Å². The summed E-state index contributed by atoms with van der Waals surface area (Å²) in [7, 11) is 2.01. The van der Waals surface area contributed by atoms with E-state index in [-0.39, 0.29) is 0 Å². The van der Waals surface area contributed by atoms with Crippen molar-refractivity contribution >= 4 is 11.6 Å². The number of rotatable bonds is 4. The highest BCUT2D eigenvalue weighted by Gasteiger charge is 1.91. The van der Waals surface area contributed by atoms with Crippen molar-refractivity contribution in [2.75, 3.05) is 32.6 Å². The topological polar surface area (TPSA) is 29.3 Å². The Kier molecular flexibility index (Phi) is 5.49. The zero-order valence-corrected chi connectivity index (χ0v) is 5.99. The van der Waals surface area contributed by atoms with Gasteiger partial charge in [0.05, 0.1) is 0 Å². The van der Waals surface area contributed by atoms with Gasteiger partial charge in [-0.25, -0.2) is 0 Å². The molecule has 0 aliphatic heterocycles. The van der Waals surface area contributed by atoms with Crippen LogP contribution in [0, 0.1) is 0 Å². The van der Waals surface area contributed by atoms with Crippen molar-refractivity contribution in [3.63, 3.8) is 0 Å². The fraction of sp³-hybridized carbons (Fsp3) is 1.00. The normalized spacial score (nSPS) is 10.5. The van der Waals surface area contributed by atoms with Gasteiger partial charge in [0.2, 0.25) is 0 Å². The Hall–Kier alpha value is 0.210. The quantitative estimate of drug-likeness (QED) is 0.557. The van der Waals surface area contributed by atoms with Gasteiger partial charge in [-0.2, -0.15) is 0 Å². The van der Waals surface area contributed by atoms with E-state index in [9.17, 15) is 0 Å². The molecule has 0 radical (unpaired) electrons. The SMILES string of the molecule is CN(CCN)CCCl. The minimum absolute atomic E-state index is 0.691. The monoisotopic (exact) mass is 136 g/mol. The van der Waals surface area contributed by atoms with E-state index >= 15 is 0 Å². The highest BCUT2D eigenvalue weighted by Crippen LogP contribution is 1.81. The summed E-state index contributed by atoms with van der Waals surface area (Å²) in [6, 6.07) is 0. The first-order chi connectivity index (χ1) is 3.81. The zero-order chi connectivity index (χ0) is 6.41. The van der Waals surface area contributed by atoms with Crippen molar-refractivity contribution in [2.45, 2.75) is 0 Å². The molecular weight excluding hydrogens is 124 g/mol. The molecule has 0 aromatic heterocycles. The maximum Gasteiger partial charge on any atom is 0.0351 e. The second-order valence-corrected chi connectivity index (χ2v) is 2.16. The highest BCUT2D eigenvalue weighted by molar-refractivity contribution is 6.18. The standard InChI is InChI=1S/C5H13ClN2/c1-8(4-2-6)5-3-7/h2-5,7H2,1H3. The first-order valence-corrected chi connectivity index (χ1v) is 3.29. The van der Waals surface area contributed by atoms with Crippen LogP contribution in [-0.2, 0) is 0 Å². The molecule has 50 valence electrons. The molecule has 0 unspecified atom stereocenters. The van der Waals surface area contributed by atoms with Gasteiger partial charge < -0.3 is 10.6 Å². The summed E-state index contributed by atoms with van der Waals surface area (Å²) in [4.78, 5) is 2.10. The minimum atomic E-state index is 0.691. The summed E-state index contributed by atoms with van der Waals surface area (Å²) in [5, 5.41) is 0. The molecule has 3 heteroatoms. The fourth-order valence-corrected chi connectivity index (χ4v) is 0.765. The van der Waals surface area contributed by atoms with E-state index in [0.29, 0.717) is 12.4 Å². The third kappa shape index (κ3) is 4.37. The Morgan fingerprint density at radius 3 is 2.50 bits per heavy atom. The predicted octanol–water partition coefficient (Wildman–Crippen LogP) is 0.116. The molecule has 0 spiro atoms. The van der Waals surface area contributed by atoms with Crippen LogP contribution in [0.3, 0.4) is 0 Å². The molecule has 2 nitrogen and oxygen atoms in total. The van der Waals surface area contributed by atoms with Crippen LogP contribution < -0.4 is 5.73 Å². The van der Waals surface area contributed by atoms with Crippen LogP contribution in [0.25, 0.3) is 0 Å². The van der Waals surface area contributed by atoms with Crippen molar-refractivity contribution in [2.24, 2.45) is 5.73 Å². The van der Waals surface area contributed by atoms with E-state index in [2.05, 4.69) is 4.90 Å². The molecule has 8 heavy (non-hydrogen) atoms. The average molecular weight is 137 g/mol. The van der Waals surface area contributed by atoms with E-state index in [0.717, 1.165) is 13.1 Å². The molecule has 0 aromatic carbocycles. The summed E-state index contributed by atoms with van der Waals surface area (Å²) < 4.78 is 0. The fourth-order valence-electron chi connectivity index (χ4n) is 0.476. The van der Waals surface area contributed by atoms with Gasteiger partial charge in [0.1, 0.15) is 0 Å². The Morgan fingerprint density at radius 1 is 1.50 bits per heavy atom. The van der Waals surface area contributed by atoms with Gasteiger partial charge in [-0.1, -0.05) is 0 Å². The van der Waals surface area contributed by atoms with Crippen LogP contribution in [0.15, 0.2) is 0 Å². The lowest BCUT2D eigenvalue weighted by Gasteiger charge is -2.11. The van der Waals surface area contributed by atoms with Crippen molar-refractivity contribution < 1.29 is 0 Å². The molecule has 0 rings (SSSR count). The average Bonchev–Trinajstić information content (AvgIpc) is 1.68. The van der Waals surface area contributed by atoms with Crippen molar-refractivity contribution in [3.8, 4) is 0 Å². The number of alkyl halides is 1. The second kappa shape index (κ2) is 5.35. The summed E-state index contributed by atoms with van der Waals surface area (Å²) in [5.41, 5.74) is 5.27. The molecule has 0 saturated carbocycles. The third-order valence-electron chi connectivity index (χ3n) is 0.977. The van der Waals surface area contributed by atoms with Crippen molar-refractivity contribution in [3.05, 3.63) is 0 Å². The van der Waals surface area contributed by atoms with Crippen molar-refractivity contribution in [1.29, 1.82) is 0 Å². The summed E-state index contributed by atoms with van der Waals surface area (Å²) in [5.74, 6) is 0.691. The maximum atomic E-state index is 5.45. The number of halogens is 1. The van der Waals surface area contributed by atoms with Gasteiger partial charge in [-0.05, 0) is 7.05 Å². The van der Waals surface area contributed by atoms with Crippen LogP contribution >= 0.6 is 11.6 Å². The molecule has 0 heterocycles. The van der Waals surface area contributed by atoms with Crippen LogP contribution in [0.4, 0.5) is 0 Å². The van der Waals surface area contributed by atoms with Gasteiger partial charge >= 0.3 is 0 Å². The largest absolute Gasteiger partial charge is 0.329 e. The smallest absolute Gasteiger partial charge is 0.0351 e. The molecule has 0 aliphatic rings. The Morgan fingerprint density at radius 2 is 2.12 bits per heavy atom. The highest BCUT2D eigenvalue weighted by atomic mass is 35.5. The molecule has 0 aromatic rings. The lowest BCUT2D eigenvalue weighted by molar-refractivity contribution is 0.365. The van der Waals surface area contributed by atoms with Gasteiger partial charge in [0.15, 0.2) is 0 Å². The first-order valence-electron chi connectivity index (χ1n) is 2.76. The summed E-state index contributed by atoms with van der Waals surface area (Å²) in [6.07, 6.45) is 0. The van der Waals surface area contributed by atoms with Crippen LogP contribution in [-0.4, -0.2) is 37.5 Å². The van der Waals surface area contributed by atoms with Crippen LogP contribution in [0.1, 0.15) is 0 Å². The zero-order valence-electron chi connectivity index (χ0n) is 5.23. The minimum Gasteiger partial charge on any atom is -0.329 e. The van der Waals surface area contributed by atoms with E-state index in [4.69, 9.17) is 17.3 Å². The van der Waals surface area contributed by atoms with Crippen LogP contribution in [0.5, 0.6) is 0 Å². The molecule has 0 atom stereocenters. The number of nitrogens with two attached hydrogens (primary N) is 1. The van der Waals surface area contributed by atoms with Gasteiger partial charge in [0, 0.05) is 25.5 Å². The van der Waals surface area contributed by atoms with E-state index in [1.165, 1.54) is 0 Å². The molecule has 0 fully saturated rings. The Bertz CT molecular complexity index is 43.7. The molecule has 0 aliphatic carbocycles. The number of hydrogen-bond donors (Lipinski definition) is 1. The van der Waals surface area contributed by atoms with E-state index in [1.807, 2.05) is 7.05 Å². The number of nitrogens with zero attached hydrogens (tertiary/aromatic N) is 1. The maximum absolute atomic E-state index is 5.45. The summed E-state index contributed by atoms with van der Waals surface area (Å²) >= 11 is 5.45. The molecule has 0 bridgehead atoms. The molecule has 2 N–H and O–H groups in total. The van der Waals surface area contributed by atoms with Gasteiger partial charge in [0.25, 0.3) is 0 Å². The number of likely N-dealkylation sites (N-methyl/N-ethyl adjacent to an activating group) is 1. The molecular formula is C5H13ClN2. The second-order valence-electron chi connectivity index (χ2n) is 1.78. The Labute approximate surface area is 55.6 Å².